The van der Waals surface area contributed by atoms with Gasteiger partial charge in [-0.2, -0.15) is 0 Å². The number of nitrogens with two attached hydrogens (primary N) is 1. The Labute approximate surface area is 140 Å². The second-order valence-electron chi connectivity index (χ2n) is 6.20. The van der Waals surface area contributed by atoms with E-state index >= 15 is 0 Å². The van der Waals surface area contributed by atoms with Crippen LogP contribution < -0.4 is 15.4 Å². The number of nitrogens with one attached hydrogen (secondary N) is 1. The Balaban J connectivity index is 1.60. The molecule has 8 heteroatoms. The lowest BCUT2D eigenvalue weighted by molar-refractivity contribution is -0.920. The summed E-state index contributed by atoms with van der Waals surface area (Å²) in [4.78, 5) is 12.6. The highest BCUT2D eigenvalue weighted by molar-refractivity contribution is 5.76. The Bertz CT molecular complexity index is 676. The van der Waals surface area contributed by atoms with Gasteiger partial charge in [-0.25, -0.2) is 4.68 Å². The van der Waals surface area contributed by atoms with Gasteiger partial charge in [-0.05, 0) is 28.1 Å². The summed E-state index contributed by atoms with van der Waals surface area (Å²) in [6, 6.07) is 7.88. The maximum absolute atomic E-state index is 11.2. The fraction of sp³-hybridized carbons (Fsp3) is 0.500. The van der Waals surface area contributed by atoms with Gasteiger partial charge in [0.1, 0.15) is 12.3 Å². The van der Waals surface area contributed by atoms with Gasteiger partial charge in [-0.1, -0.05) is 12.1 Å². The number of amides is 1. The number of carbonyl (C=O) groups excluding carboxylic acids is 1. The van der Waals surface area contributed by atoms with Gasteiger partial charge in [0.2, 0.25) is 11.7 Å². The zero-order valence-corrected chi connectivity index (χ0v) is 13.8. The van der Waals surface area contributed by atoms with Gasteiger partial charge in [0, 0.05) is 18.8 Å². The van der Waals surface area contributed by atoms with Gasteiger partial charge >= 0.3 is 0 Å². The molecule has 0 saturated carbocycles. The molecule has 1 aromatic carbocycles. The van der Waals surface area contributed by atoms with Crippen molar-refractivity contribution >= 4 is 5.91 Å². The van der Waals surface area contributed by atoms with Crippen molar-refractivity contribution < 1.29 is 14.4 Å². The number of nitrogens with zero attached hydrogens (tertiary/aromatic N) is 4. The molecule has 0 atom stereocenters. The van der Waals surface area contributed by atoms with Crippen LogP contribution in [0.4, 0.5) is 0 Å². The summed E-state index contributed by atoms with van der Waals surface area (Å²) in [6.45, 7) is 3.23. The lowest BCUT2D eigenvalue weighted by Crippen LogP contribution is -3.12. The number of piperidine rings is 1. The summed E-state index contributed by atoms with van der Waals surface area (Å²) in [5.74, 6) is 1.53. The topological polar surface area (TPSA) is 100 Å². The number of benzene rings is 1. The molecule has 3 N–H and O–H groups in total. The minimum absolute atomic E-state index is 0.0176. The summed E-state index contributed by atoms with van der Waals surface area (Å²) in [5, 5.41) is 12.1. The van der Waals surface area contributed by atoms with Gasteiger partial charge in [0.25, 0.3) is 0 Å². The van der Waals surface area contributed by atoms with E-state index in [1.807, 2.05) is 28.9 Å². The smallest absolute Gasteiger partial charge is 0.220 e. The maximum atomic E-state index is 11.2. The lowest BCUT2D eigenvalue weighted by Gasteiger charge is -2.27. The molecule has 0 unspecified atom stereocenters. The Morgan fingerprint density at radius 2 is 2.04 bits per heavy atom. The van der Waals surface area contributed by atoms with Crippen LogP contribution in [0.1, 0.15) is 24.2 Å². The normalized spacial score (nSPS) is 20.7. The fourth-order valence-corrected chi connectivity index (χ4v) is 3.09. The number of tetrazole rings is 1. The zero-order chi connectivity index (χ0) is 16.9. The molecule has 0 aliphatic carbocycles. The number of likely N-dealkylation sites (tertiary alicyclic amines) is 1. The van der Waals surface area contributed by atoms with Crippen molar-refractivity contribution in [2.75, 3.05) is 20.2 Å². The predicted octanol–water partition coefficient (Wildman–Crippen LogP) is -0.990. The number of hydrogen-bond acceptors (Lipinski definition) is 5. The Morgan fingerprint density at radius 1 is 1.33 bits per heavy atom. The third-order valence-electron chi connectivity index (χ3n) is 4.60. The molecular formula is C16H23N6O2+. The van der Waals surface area contributed by atoms with E-state index in [1.165, 1.54) is 4.90 Å². The van der Waals surface area contributed by atoms with Gasteiger partial charge in [0.15, 0.2) is 0 Å². The Kier molecular flexibility index (Phi) is 5.05. The highest BCUT2D eigenvalue weighted by Gasteiger charge is 2.27. The molecule has 128 valence electrons. The number of hydrogen-bond donors (Lipinski definition) is 2. The summed E-state index contributed by atoms with van der Waals surface area (Å²) in [7, 11) is 1.65. The molecule has 1 aliphatic heterocycles. The van der Waals surface area contributed by atoms with Crippen molar-refractivity contribution in [3.05, 3.63) is 35.7 Å². The first-order valence-corrected chi connectivity index (χ1v) is 8.16. The van der Waals surface area contributed by atoms with Crippen molar-refractivity contribution in [3.63, 3.8) is 0 Å². The summed E-state index contributed by atoms with van der Waals surface area (Å²) in [6.07, 6.45) is 1.68. The molecule has 2 heterocycles. The number of methoxy groups -OCH3 is 1. The van der Waals surface area contributed by atoms with E-state index < -0.39 is 0 Å². The van der Waals surface area contributed by atoms with Crippen molar-refractivity contribution in [2.45, 2.75) is 25.9 Å². The SMILES string of the molecule is COc1ccc(Cn2nnnc2C[NH+]2CCC(C(N)=O)CC2)cc1. The molecule has 8 nitrogen and oxygen atoms in total. The summed E-state index contributed by atoms with van der Waals surface area (Å²) in [5.41, 5.74) is 6.50. The van der Waals surface area contributed by atoms with Crippen LogP contribution in [0.3, 0.4) is 0 Å². The van der Waals surface area contributed by atoms with Crippen LogP contribution in [0.2, 0.25) is 0 Å². The maximum Gasteiger partial charge on any atom is 0.220 e. The first kappa shape index (κ1) is 16.4. The van der Waals surface area contributed by atoms with Gasteiger partial charge in [0.05, 0.1) is 26.7 Å². The lowest BCUT2D eigenvalue weighted by atomic mass is 9.96. The first-order chi connectivity index (χ1) is 11.7. The minimum atomic E-state index is -0.182. The number of quaternary nitrogens is 1. The Hall–Kier alpha value is -2.48. The predicted molar refractivity (Wildman–Crippen MR) is 86.2 cm³/mol. The molecule has 1 amide bonds. The highest BCUT2D eigenvalue weighted by Crippen LogP contribution is 2.12. The average Bonchev–Trinajstić information content (AvgIpc) is 3.03. The third kappa shape index (κ3) is 3.88. The van der Waals surface area contributed by atoms with Crippen molar-refractivity contribution in [1.82, 2.24) is 20.2 Å². The van der Waals surface area contributed by atoms with Crippen molar-refractivity contribution in [1.29, 1.82) is 0 Å². The van der Waals surface area contributed by atoms with Crippen LogP contribution in [0.25, 0.3) is 0 Å². The molecule has 1 fully saturated rings. The summed E-state index contributed by atoms with van der Waals surface area (Å²) < 4.78 is 7.00. The van der Waals surface area contributed by atoms with Crippen molar-refractivity contribution in [2.24, 2.45) is 11.7 Å². The molecule has 1 saturated heterocycles. The van der Waals surface area contributed by atoms with E-state index in [1.54, 1.807) is 7.11 Å². The number of primary amides is 1. The van der Waals surface area contributed by atoms with Crippen LogP contribution >= 0.6 is 0 Å². The van der Waals surface area contributed by atoms with E-state index in [0.29, 0.717) is 6.54 Å². The van der Waals surface area contributed by atoms with Crippen LogP contribution in [0, 0.1) is 5.92 Å². The van der Waals surface area contributed by atoms with E-state index in [4.69, 9.17) is 10.5 Å². The Morgan fingerprint density at radius 3 is 2.67 bits per heavy atom. The number of aromatic nitrogens is 4. The molecule has 2 aromatic rings. The van der Waals surface area contributed by atoms with Gasteiger partial charge in [-0.3, -0.25) is 4.79 Å². The molecule has 1 aromatic heterocycles. The standard InChI is InChI=1S/C16H22N6O2/c1-24-14-4-2-12(3-5-14)10-22-15(18-19-20-22)11-21-8-6-13(7-9-21)16(17)23/h2-5,13H,6-11H2,1H3,(H2,17,23)/p+1. The monoisotopic (exact) mass is 331 g/mol. The second kappa shape index (κ2) is 7.39. The van der Waals surface area contributed by atoms with Crippen molar-refractivity contribution in [3.8, 4) is 5.75 Å². The number of ether oxygens (including phenoxy) is 1. The van der Waals surface area contributed by atoms with E-state index in [0.717, 1.165) is 49.6 Å². The first-order valence-electron chi connectivity index (χ1n) is 8.16. The van der Waals surface area contributed by atoms with E-state index in [2.05, 4.69) is 15.5 Å². The van der Waals surface area contributed by atoms with Crippen LogP contribution in [0.15, 0.2) is 24.3 Å². The van der Waals surface area contributed by atoms with E-state index in [-0.39, 0.29) is 11.8 Å². The van der Waals surface area contributed by atoms with Crippen LogP contribution in [-0.4, -0.2) is 46.3 Å². The molecule has 1 aliphatic rings. The minimum Gasteiger partial charge on any atom is -0.497 e. The molecule has 0 bridgehead atoms. The molecule has 24 heavy (non-hydrogen) atoms. The second-order valence-corrected chi connectivity index (χ2v) is 6.20. The quantitative estimate of drug-likeness (QED) is 0.708. The third-order valence-corrected chi connectivity index (χ3v) is 4.60. The zero-order valence-electron chi connectivity index (χ0n) is 13.8. The largest absolute Gasteiger partial charge is 0.497 e. The van der Waals surface area contributed by atoms with Gasteiger partial charge < -0.3 is 15.4 Å². The van der Waals surface area contributed by atoms with Gasteiger partial charge in [-0.15, -0.1) is 5.10 Å². The fourth-order valence-electron chi connectivity index (χ4n) is 3.09. The number of rotatable bonds is 6. The van der Waals surface area contributed by atoms with Crippen LogP contribution in [0.5, 0.6) is 5.75 Å². The van der Waals surface area contributed by atoms with E-state index in [9.17, 15) is 4.79 Å². The molecular weight excluding hydrogens is 308 g/mol. The average molecular weight is 331 g/mol. The highest BCUT2D eigenvalue weighted by atomic mass is 16.5. The number of carbonyl (C=O) groups is 1. The molecule has 3 rings (SSSR count). The molecule has 0 radical (unpaired) electrons. The molecule has 0 spiro atoms. The van der Waals surface area contributed by atoms with Crippen LogP contribution in [-0.2, 0) is 17.9 Å². The summed E-state index contributed by atoms with van der Waals surface area (Å²) >= 11 is 0.